The molecule has 6 heteroatoms. The Bertz CT molecular complexity index is 485. The summed E-state index contributed by atoms with van der Waals surface area (Å²) in [6.45, 7) is 2.98. The van der Waals surface area contributed by atoms with Crippen molar-refractivity contribution in [3.63, 3.8) is 0 Å². The maximum Gasteiger partial charge on any atom is 0.183 e. The predicted molar refractivity (Wildman–Crippen MR) is 61.4 cm³/mol. The quantitative estimate of drug-likeness (QED) is 0.784. The molecule has 1 aromatic rings. The number of hydrogen-bond donors (Lipinski definition) is 0. The standard InChI is InChI=1S/C9H9BrClFO2S/c1-5(2)15(13,14)9-4-7(11)6(10)3-8(9)12/h3-5H,1-2H3. The van der Waals surface area contributed by atoms with Gasteiger partial charge in [-0.05, 0) is 41.9 Å². The lowest BCUT2D eigenvalue weighted by atomic mass is 10.3. The summed E-state index contributed by atoms with van der Waals surface area (Å²) in [7, 11) is -3.63. The number of hydrogen-bond acceptors (Lipinski definition) is 2. The second-order valence-electron chi connectivity index (χ2n) is 3.29. The highest BCUT2D eigenvalue weighted by Crippen LogP contribution is 2.29. The molecule has 84 valence electrons. The molecule has 0 aromatic heterocycles. The van der Waals surface area contributed by atoms with Crippen molar-refractivity contribution in [3.8, 4) is 0 Å². The van der Waals surface area contributed by atoms with Crippen LogP contribution in [0.2, 0.25) is 5.02 Å². The van der Waals surface area contributed by atoms with Gasteiger partial charge in [0.25, 0.3) is 0 Å². The highest BCUT2D eigenvalue weighted by molar-refractivity contribution is 9.10. The zero-order chi connectivity index (χ0) is 11.8. The first-order valence-electron chi connectivity index (χ1n) is 4.15. The molecule has 0 amide bonds. The maximum absolute atomic E-state index is 13.4. The average molecular weight is 316 g/mol. The molecule has 0 bridgehead atoms. The van der Waals surface area contributed by atoms with Crippen molar-refractivity contribution < 1.29 is 12.8 Å². The summed E-state index contributed by atoms with van der Waals surface area (Å²) in [5, 5.41) is -0.500. The summed E-state index contributed by atoms with van der Waals surface area (Å²) in [6, 6.07) is 2.17. The van der Waals surface area contributed by atoms with E-state index in [1.54, 1.807) is 0 Å². The number of benzene rings is 1. The van der Waals surface area contributed by atoms with Gasteiger partial charge >= 0.3 is 0 Å². The fraction of sp³-hybridized carbons (Fsp3) is 0.333. The van der Waals surface area contributed by atoms with Crippen LogP contribution in [-0.4, -0.2) is 13.7 Å². The van der Waals surface area contributed by atoms with Crippen LogP contribution in [0.5, 0.6) is 0 Å². The van der Waals surface area contributed by atoms with Crippen LogP contribution in [0.3, 0.4) is 0 Å². The van der Waals surface area contributed by atoms with Crippen LogP contribution in [0, 0.1) is 5.82 Å². The van der Waals surface area contributed by atoms with Crippen molar-refractivity contribution in [1.82, 2.24) is 0 Å². The third-order valence-corrected chi connectivity index (χ3v) is 5.27. The summed E-state index contributed by atoms with van der Waals surface area (Å²) in [5.74, 6) is -0.792. The van der Waals surface area contributed by atoms with Crippen LogP contribution in [-0.2, 0) is 9.84 Å². The Balaban J connectivity index is 3.46. The van der Waals surface area contributed by atoms with E-state index in [1.807, 2.05) is 0 Å². The SMILES string of the molecule is CC(C)S(=O)(=O)c1cc(Cl)c(Br)cc1F. The minimum atomic E-state index is -3.63. The van der Waals surface area contributed by atoms with Crippen LogP contribution >= 0.6 is 27.5 Å². The van der Waals surface area contributed by atoms with Crippen molar-refractivity contribution in [3.05, 3.63) is 27.4 Å². The lowest BCUT2D eigenvalue weighted by molar-refractivity contribution is 0.560. The molecule has 0 aliphatic heterocycles. The molecule has 1 aromatic carbocycles. The Morgan fingerprint density at radius 2 is 1.93 bits per heavy atom. The van der Waals surface area contributed by atoms with Gasteiger partial charge in [-0.2, -0.15) is 0 Å². The van der Waals surface area contributed by atoms with E-state index in [2.05, 4.69) is 15.9 Å². The molecule has 2 nitrogen and oxygen atoms in total. The maximum atomic E-state index is 13.4. The van der Waals surface area contributed by atoms with Crippen LogP contribution < -0.4 is 0 Å². The molecule has 0 fully saturated rings. The lowest BCUT2D eigenvalue weighted by Crippen LogP contribution is -2.15. The van der Waals surface area contributed by atoms with Crippen molar-refractivity contribution in [2.45, 2.75) is 24.0 Å². The Morgan fingerprint density at radius 1 is 1.40 bits per heavy atom. The van der Waals surface area contributed by atoms with E-state index in [1.165, 1.54) is 13.8 Å². The molecule has 1 rings (SSSR count). The van der Waals surface area contributed by atoms with E-state index in [9.17, 15) is 12.8 Å². The summed E-state index contributed by atoms with van der Waals surface area (Å²) in [5.41, 5.74) is 0. The van der Waals surface area contributed by atoms with Crippen molar-refractivity contribution >= 4 is 37.4 Å². The molecular formula is C9H9BrClFO2S. The molecule has 15 heavy (non-hydrogen) atoms. The number of rotatable bonds is 2. The van der Waals surface area contributed by atoms with Gasteiger partial charge in [-0.25, -0.2) is 12.8 Å². The molecule has 0 spiro atoms. The first-order chi connectivity index (χ1) is 6.76. The normalized spacial score (nSPS) is 12.1. The Labute approximate surface area is 101 Å². The fourth-order valence-electron chi connectivity index (χ4n) is 0.976. The zero-order valence-electron chi connectivity index (χ0n) is 8.09. The highest BCUT2D eigenvalue weighted by atomic mass is 79.9. The van der Waals surface area contributed by atoms with Gasteiger partial charge in [-0.3, -0.25) is 0 Å². The Kier molecular flexibility index (Phi) is 3.79. The van der Waals surface area contributed by atoms with Gasteiger partial charge in [-0.1, -0.05) is 11.6 Å². The molecule has 0 radical (unpaired) electrons. The molecule has 0 aliphatic rings. The van der Waals surface area contributed by atoms with Gasteiger partial charge in [0, 0.05) is 4.47 Å². The molecular weight excluding hydrogens is 307 g/mol. The van der Waals surface area contributed by atoms with Crippen LogP contribution in [0.25, 0.3) is 0 Å². The number of halogens is 3. The average Bonchev–Trinajstić information content (AvgIpc) is 2.10. The molecule has 0 heterocycles. The minimum Gasteiger partial charge on any atom is -0.223 e. The monoisotopic (exact) mass is 314 g/mol. The van der Waals surface area contributed by atoms with Crippen molar-refractivity contribution in [1.29, 1.82) is 0 Å². The topological polar surface area (TPSA) is 34.1 Å². The zero-order valence-corrected chi connectivity index (χ0v) is 11.2. The molecule has 0 saturated carbocycles. The molecule has 0 atom stereocenters. The molecule has 0 unspecified atom stereocenters. The van der Waals surface area contributed by atoms with Gasteiger partial charge in [0.1, 0.15) is 10.7 Å². The fourth-order valence-corrected chi connectivity index (χ4v) is 2.64. The Morgan fingerprint density at radius 3 is 2.40 bits per heavy atom. The largest absolute Gasteiger partial charge is 0.223 e. The van der Waals surface area contributed by atoms with E-state index < -0.39 is 20.9 Å². The van der Waals surface area contributed by atoms with E-state index in [0.717, 1.165) is 12.1 Å². The minimum absolute atomic E-state index is 0.177. The van der Waals surface area contributed by atoms with E-state index in [-0.39, 0.29) is 9.92 Å². The van der Waals surface area contributed by atoms with Gasteiger partial charge in [-0.15, -0.1) is 0 Å². The summed E-state index contributed by atoms with van der Waals surface area (Å²) in [6.07, 6.45) is 0. The van der Waals surface area contributed by atoms with Gasteiger partial charge < -0.3 is 0 Å². The van der Waals surface area contributed by atoms with E-state index in [4.69, 9.17) is 11.6 Å². The van der Waals surface area contributed by atoms with Gasteiger partial charge in [0.05, 0.1) is 10.3 Å². The summed E-state index contributed by atoms with van der Waals surface area (Å²) < 4.78 is 37.2. The lowest BCUT2D eigenvalue weighted by Gasteiger charge is -2.09. The predicted octanol–water partition coefficient (Wildman–Crippen LogP) is 3.42. The van der Waals surface area contributed by atoms with E-state index >= 15 is 0 Å². The van der Waals surface area contributed by atoms with Gasteiger partial charge in [0.15, 0.2) is 9.84 Å². The van der Waals surface area contributed by atoms with Gasteiger partial charge in [0.2, 0.25) is 0 Å². The van der Waals surface area contributed by atoms with Crippen LogP contribution in [0.1, 0.15) is 13.8 Å². The second kappa shape index (κ2) is 4.39. The summed E-state index contributed by atoms with van der Waals surface area (Å²) in [4.78, 5) is -0.356. The third-order valence-electron chi connectivity index (χ3n) is 1.90. The van der Waals surface area contributed by atoms with E-state index in [0.29, 0.717) is 4.47 Å². The highest BCUT2D eigenvalue weighted by Gasteiger charge is 2.24. The van der Waals surface area contributed by atoms with Crippen LogP contribution in [0.4, 0.5) is 4.39 Å². The number of sulfone groups is 1. The smallest absolute Gasteiger partial charge is 0.183 e. The third kappa shape index (κ3) is 2.52. The second-order valence-corrected chi connectivity index (χ2v) is 7.02. The van der Waals surface area contributed by atoms with Crippen molar-refractivity contribution in [2.75, 3.05) is 0 Å². The summed E-state index contributed by atoms with van der Waals surface area (Å²) >= 11 is 8.74. The molecule has 0 N–H and O–H groups in total. The van der Waals surface area contributed by atoms with Crippen molar-refractivity contribution in [2.24, 2.45) is 0 Å². The Hall–Kier alpha value is -0.130. The van der Waals surface area contributed by atoms with Crippen LogP contribution in [0.15, 0.2) is 21.5 Å². The molecule has 0 aliphatic carbocycles. The molecule has 0 saturated heterocycles. The first kappa shape index (κ1) is 12.9. The first-order valence-corrected chi connectivity index (χ1v) is 6.87.